The van der Waals surface area contributed by atoms with Crippen molar-refractivity contribution in [1.82, 2.24) is 0 Å². The topological polar surface area (TPSA) is 0 Å². The fourth-order valence-electron chi connectivity index (χ4n) is 0.377. The molecular formula is C4H9Cl3NaSn. The smallest absolute Gasteiger partial charge is 0 e. The van der Waals surface area contributed by atoms with E-state index in [0.717, 1.165) is 17.3 Å². The molecule has 0 atom stereocenters. The van der Waals surface area contributed by atoms with Gasteiger partial charge in [-0.3, -0.25) is 0 Å². The zero-order valence-corrected chi connectivity index (χ0v) is 12.9. The van der Waals surface area contributed by atoms with Crippen LogP contribution < -0.4 is 0 Å². The molecule has 0 spiro atoms. The van der Waals surface area contributed by atoms with Crippen molar-refractivity contribution < 1.29 is 0 Å². The predicted molar refractivity (Wildman–Crippen MR) is 48.8 cm³/mol. The first kappa shape index (κ1) is 14.2. The van der Waals surface area contributed by atoms with Crippen molar-refractivity contribution in [3.63, 3.8) is 0 Å². The average molecular weight is 305 g/mol. The first-order valence-electron chi connectivity index (χ1n) is 2.63. The van der Waals surface area contributed by atoms with Gasteiger partial charge in [-0.15, -0.1) is 0 Å². The van der Waals surface area contributed by atoms with E-state index in [4.69, 9.17) is 26.8 Å². The third-order valence-electron chi connectivity index (χ3n) is 0.814. The molecule has 0 aromatic heterocycles. The molecule has 0 aliphatic heterocycles. The van der Waals surface area contributed by atoms with E-state index in [1.165, 1.54) is 0 Å². The van der Waals surface area contributed by atoms with Gasteiger partial charge in [-0.2, -0.15) is 0 Å². The molecule has 5 heteroatoms. The molecule has 0 rings (SSSR count). The fraction of sp³-hybridized carbons (Fsp3) is 1.00. The molecule has 0 nitrogen and oxygen atoms in total. The maximum atomic E-state index is 5.65. The quantitative estimate of drug-likeness (QED) is 0.703. The van der Waals surface area contributed by atoms with E-state index in [1.54, 1.807) is 0 Å². The van der Waals surface area contributed by atoms with E-state index in [-0.39, 0.29) is 29.6 Å². The summed E-state index contributed by atoms with van der Waals surface area (Å²) in [6, 6.07) is 0. The molecule has 0 unspecified atom stereocenters. The Kier molecular flexibility index (Phi) is 11.6. The summed E-state index contributed by atoms with van der Waals surface area (Å²) in [5.41, 5.74) is 0. The Labute approximate surface area is 93.9 Å². The molecule has 0 N–H and O–H groups in total. The summed E-state index contributed by atoms with van der Waals surface area (Å²) in [5, 5.41) is 0. The van der Waals surface area contributed by atoms with Gasteiger partial charge in [0.05, 0.1) is 0 Å². The molecule has 9 heavy (non-hydrogen) atoms. The van der Waals surface area contributed by atoms with Gasteiger partial charge in [0.1, 0.15) is 0 Å². The monoisotopic (exact) mass is 305 g/mol. The van der Waals surface area contributed by atoms with Crippen molar-refractivity contribution in [3.05, 3.63) is 0 Å². The first-order valence-corrected chi connectivity index (χ1v) is 15.5. The van der Waals surface area contributed by atoms with Gasteiger partial charge >= 0.3 is 66.0 Å². The Morgan fingerprint density at radius 1 is 1.22 bits per heavy atom. The molecule has 0 saturated carbocycles. The molecule has 51 valence electrons. The van der Waals surface area contributed by atoms with Gasteiger partial charge in [-0.25, -0.2) is 0 Å². The Morgan fingerprint density at radius 2 is 1.67 bits per heavy atom. The van der Waals surface area contributed by atoms with E-state index in [1.807, 2.05) is 0 Å². The minimum atomic E-state index is -2.89. The predicted octanol–water partition coefficient (Wildman–Crippen LogP) is 3.06. The average Bonchev–Trinajstić information content (AvgIpc) is 1.59. The van der Waals surface area contributed by atoms with Crippen LogP contribution in [0.1, 0.15) is 19.8 Å². The summed E-state index contributed by atoms with van der Waals surface area (Å²) in [4.78, 5) is 0. The summed E-state index contributed by atoms with van der Waals surface area (Å²) >= 11 is -2.89. The maximum absolute atomic E-state index is 5.65. The molecule has 0 aromatic rings. The SMILES string of the molecule is CCC[CH2][Sn]([Cl])([Cl])[Cl].[Na]. The zero-order chi connectivity index (χ0) is 6.62. The first-order chi connectivity index (χ1) is 3.56. The Bertz CT molecular complexity index is 63.3. The molecule has 0 fully saturated rings. The summed E-state index contributed by atoms with van der Waals surface area (Å²) in [6.07, 6.45) is 2.21. The summed E-state index contributed by atoms with van der Waals surface area (Å²) < 4.78 is 0.871. The number of hydrogen-bond donors (Lipinski definition) is 0. The molecule has 0 aliphatic carbocycles. The van der Waals surface area contributed by atoms with Gasteiger partial charge in [-0.1, -0.05) is 0 Å². The second-order valence-electron chi connectivity index (χ2n) is 1.72. The normalized spacial score (nSPS) is 10.7. The Hall–Kier alpha value is 2.67. The molecule has 0 bridgehead atoms. The van der Waals surface area contributed by atoms with Crippen LogP contribution in [0, 0.1) is 0 Å². The fourth-order valence-corrected chi connectivity index (χ4v) is 5.22. The maximum Gasteiger partial charge on any atom is 0 e. The largest absolute Gasteiger partial charge is 0 e. The van der Waals surface area contributed by atoms with Gasteiger partial charge in [-0.05, 0) is 0 Å². The minimum Gasteiger partial charge on any atom is 0 e. The molecule has 0 saturated heterocycles. The van der Waals surface area contributed by atoms with Crippen molar-refractivity contribution in [3.8, 4) is 0 Å². The van der Waals surface area contributed by atoms with Crippen LogP contribution in [-0.2, 0) is 0 Å². The van der Waals surface area contributed by atoms with Crippen LogP contribution in [-0.4, -0.2) is 44.6 Å². The number of hydrogen-bond acceptors (Lipinski definition) is 0. The Balaban J connectivity index is 0. The van der Waals surface area contributed by atoms with Gasteiger partial charge < -0.3 is 0 Å². The van der Waals surface area contributed by atoms with Crippen LogP contribution in [0.5, 0.6) is 0 Å². The van der Waals surface area contributed by atoms with Crippen molar-refractivity contribution in [2.45, 2.75) is 24.2 Å². The number of rotatable bonds is 3. The minimum absolute atomic E-state index is 0. The van der Waals surface area contributed by atoms with Crippen LogP contribution >= 0.6 is 26.8 Å². The van der Waals surface area contributed by atoms with Crippen molar-refractivity contribution in [2.75, 3.05) is 0 Å². The number of unbranched alkanes of at least 4 members (excludes halogenated alkanes) is 1. The van der Waals surface area contributed by atoms with Crippen molar-refractivity contribution >= 4 is 71.3 Å². The molecule has 0 aromatic carbocycles. The molecule has 0 heterocycles. The number of halogens is 3. The van der Waals surface area contributed by atoms with Crippen molar-refractivity contribution in [2.24, 2.45) is 0 Å². The van der Waals surface area contributed by atoms with Crippen LogP contribution in [0.15, 0.2) is 0 Å². The van der Waals surface area contributed by atoms with Gasteiger partial charge in [0.25, 0.3) is 0 Å². The van der Waals surface area contributed by atoms with Crippen LogP contribution in [0.2, 0.25) is 4.44 Å². The van der Waals surface area contributed by atoms with E-state index in [0.29, 0.717) is 0 Å². The third kappa shape index (κ3) is 13.6. The van der Waals surface area contributed by atoms with Crippen molar-refractivity contribution in [1.29, 1.82) is 0 Å². The standard InChI is InChI=1S/C4H9.3ClH.Na.Sn/c1-3-4-2;;;;;/h1,3-4H2,2H3;3*1H;;/q;;;;;+3/p-3. The molecule has 1 radical (unpaired) electrons. The second kappa shape index (κ2) is 7.32. The Morgan fingerprint density at radius 3 is 1.78 bits per heavy atom. The second-order valence-corrected chi connectivity index (χ2v) is 23.5. The van der Waals surface area contributed by atoms with Crippen LogP contribution in [0.4, 0.5) is 0 Å². The van der Waals surface area contributed by atoms with E-state index < -0.39 is 15.0 Å². The van der Waals surface area contributed by atoms with E-state index in [9.17, 15) is 0 Å². The molecular weight excluding hydrogens is 296 g/mol. The van der Waals surface area contributed by atoms with Gasteiger partial charge in [0.2, 0.25) is 0 Å². The third-order valence-corrected chi connectivity index (χ3v) is 7.24. The summed E-state index contributed by atoms with van der Waals surface area (Å²) in [7, 11) is 17.0. The van der Waals surface area contributed by atoms with E-state index >= 15 is 0 Å². The van der Waals surface area contributed by atoms with Gasteiger partial charge in [0.15, 0.2) is 0 Å². The van der Waals surface area contributed by atoms with Gasteiger partial charge in [0, 0.05) is 29.6 Å². The van der Waals surface area contributed by atoms with Crippen LogP contribution in [0.25, 0.3) is 0 Å². The summed E-state index contributed by atoms with van der Waals surface area (Å²) in [5.74, 6) is 0. The van der Waals surface area contributed by atoms with Crippen LogP contribution in [0.3, 0.4) is 0 Å². The molecule has 0 aliphatic rings. The molecule has 0 amide bonds. The zero-order valence-electron chi connectivity index (χ0n) is 5.76. The van der Waals surface area contributed by atoms with E-state index in [2.05, 4.69) is 6.92 Å². The summed E-state index contributed by atoms with van der Waals surface area (Å²) in [6.45, 7) is 2.10.